The molecule has 0 bridgehead atoms. The Kier molecular flexibility index (Phi) is 4.58. The molecular formula is C13H18ClN3O. The maximum absolute atomic E-state index is 12.0. The minimum atomic E-state index is -0.633. The summed E-state index contributed by atoms with van der Waals surface area (Å²) in [5.74, 6) is -0.160. The van der Waals surface area contributed by atoms with Gasteiger partial charge in [-0.15, -0.1) is 11.6 Å². The summed E-state index contributed by atoms with van der Waals surface area (Å²) in [6, 6.07) is 9.40. The highest BCUT2D eigenvalue weighted by atomic mass is 35.5. The molecule has 18 heavy (non-hydrogen) atoms. The quantitative estimate of drug-likeness (QED) is 0.838. The van der Waals surface area contributed by atoms with Crippen molar-refractivity contribution in [1.29, 1.82) is 0 Å². The van der Waals surface area contributed by atoms with Gasteiger partial charge < -0.3 is 4.90 Å². The molecule has 0 aromatic heterocycles. The molecule has 2 rings (SSSR count). The molecule has 5 heteroatoms. The van der Waals surface area contributed by atoms with Gasteiger partial charge in [-0.2, -0.15) is 0 Å². The standard InChI is InChI=1S/C13H18ClN3O/c1-16-7-9-17(10-8-16)15-13(18)12(14)11-5-3-2-4-6-11/h2-6,12H,7-10H2,1H3,(H,15,18). The third kappa shape index (κ3) is 3.45. The van der Waals surface area contributed by atoms with Crippen LogP contribution in [0.25, 0.3) is 0 Å². The van der Waals surface area contributed by atoms with Gasteiger partial charge >= 0.3 is 0 Å². The largest absolute Gasteiger partial charge is 0.304 e. The molecule has 1 amide bonds. The van der Waals surface area contributed by atoms with Crippen molar-refractivity contribution in [3.05, 3.63) is 35.9 Å². The van der Waals surface area contributed by atoms with Gasteiger partial charge in [0.25, 0.3) is 5.91 Å². The Hall–Kier alpha value is -1.10. The Labute approximate surface area is 112 Å². The van der Waals surface area contributed by atoms with Gasteiger partial charge in [0, 0.05) is 26.2 Å². The van der Waals surface area contributed by atoms with Gasteiger partial charge in [-0.05, 0) is 12.6 Å². The summed E-state index contributed by atoms with van der Waals surface area (Å²) >= 11 is 6.16. The molecule has 1 atom stereocenters. The molecule has 0 spiro atoms. The molecule has 0 saturated carbocycles. The van der Waals surface area contributed by atoms with Gasteiger partial charge in [-0.25, -0.2) is 5.01 Å². The normalized spacial score (nSPS) is 19.4. The lowest BCUT2D eigenvalue weighted by atomic mass is 10.1. The molecule has 1 unspecified atom stereocenters. The number of carbonyl (C=O) groups excluding carboxylic acids is 1. The van der Waals surface area contributed by atoms with Crippen molar-refractivity contribution in [2.75, 3.05) is 33.2 Å². The fraction of sp³-hybridized carbons (Fsp3) is 0.462. The van der Waals surface area contributed by atoms with Crippen LogP contribution in [0.4, 0.5) is 0 Å². The third-order valence-corrected chi connectivity index (χ3v) is 3.54. The van der Waals surface area contributed by atoms with Crippen LogP contribution in [-0.4, -0.2) is 49.0 Å². The Balaban J connectivity index is 1.88. The smallest absolute Gasteiger partial charge is 0.256 e. The molecule has 1 aromatic carbocycles. The molecule has 1 aliphatic rings. The summed E-state index contributed by atoms with van der Waals surface area (Å²) in [7, 11) is 2.08. The molecule has 0 radical (unpaired) electrons. The molecule has 1 saturated heterocycles. The van der Waals surface area contributed by atoms with E-state index in [1.165, 1.54) is 0 Å². The number of carbonyl (C=O) groups is 1. The zero-order chi connectivity index (χ0) is 13.0. The van der Waals surface area contributed by atoms with E-state index in [4.69, 9.17) is 11.6 Å². The molecular weight excluding hydrogens is 250 g/mol. The SMILES string of the molecule is CN1CCN(NC(=O)C(Cl)c2ccccc2)CC1. The van der Waals surface area contributed by atoms with Gasteiger partial charge in [0.1, 0.15) is 5.38 Å². The highest BCUT2D eigenvalue weighted by Crippen LogP contribution is 2.20. The Morgan fingerprint density at radius 1 is 1.22 bits per heavy atom. The monoisotopic (exact) mass is 267 g/mol. The number of benzene rings is 1. The summed E-state index contributed by atoms with van der Waals surface area (Å²) < 4.78 is 0. The number of nitrogens with zero attached hydrogens (tertiary/aromatic N) is 2. The molecule has 0 aliphatic carbocycles. The van der Waals surface area contributed by atoms with Crippen LogP contribution in [0.2, 0.25) is 0 Å². The predicted octanol–water partition coefficient (Wildman–Crippen LogP) is 1.25. The number of likely N-dealkylation sites (N-methyl/N-ethyl adjacent to an activating group) is 1. The lowest BCUT2D eigenvalue weighted by Crippen LogP contribution is -2.53. The molecule has 1 N–H and O–H groups in total. The van der Waals surface area contributed by atoms with E-state index in [2.05, 4.69) is 17.4 Å². The van der Waals surface area contributed by atoms with Crippen LogP contribution in [0.3, 0.4) is 0 Å². The molecule has 1 aromatic rings. The van der Waals surface area contributed by atoms with E-state index in [0.717, 1.165) is 31.7 Å². The van der Waals surface area contributed by atoms with Crippen LogP contribution in [0.1, 0.15) is 10.9 Å². The van der Waals surface area contributed by atoms with Crippen LogP contribution >= 0.6 is 11.6 Å². The van der Waals surface area contributed by atoms with Crippen LogP contribution < -0.4 is 5.43 Å². The van der Waals surface area contributed by atoms with Crippen molar-refractivity contribution in [2.24, 2.45) is 0 Å². The Morgan fingerprint density at radius 3 is 2.44 bits per heavy atom. The van der Waals surface area contributed by atoms with Crippen molar-refractivity contribution in [2.45, 2.75) is 5.38 Å². The average molecular weight is 268 g/mol. The summed E-state index contributed by atoms with van der Waals surface area (Å²) in [5.41, 5.74) is 3.70. The first-order valence-electron chi connectivity index (χ1n) is 6.10. The summed E-state index contributed by atoms with van der Waals surface area (Å²) in [4.78, 5) is 14.2. The molecule has 4 nitrogen and oxygen atoms in total. The predicted molar refractivity (Wildman–Crippen MR) is 72.2 cm³/mol. The van der Waals surface area contributed by atoms with Crippen LogP contribution in [0.5, 0.6) is 0 Å². The first kappa shape index (κ1) is 13.3. The summed E-state index contributed by atoms with van der Waals surface area (Å²) in [6.07, 6.45) is 0. The minimum absolute atomic E-state index is 0.160. The number of halogens is 1. The molecule has 1 heterocycles. The van der Waals surface area contributed by atoms with E-state index in [1.807, 2.05) is 35.3 Å². The van der Waals surface area contributed by atoms with E-state index in [-0.39, 0.29) is 5.91 Å². The fourth-order valence-corrected chi connectivity index (χ4v) is 2.10. The van der Waals surface area contributed by atoms with E-state index in [1.54, 1.807) is 0 Å². The van der Waals surface area contributed by atoms with Gasteiger partial charge in [-0.1, -0.05) is 30.3 Å². The van der Waals surface area contributed by atoms with E-state index >= 15 is 0 Å². The number of hydrogen-bond donors (Lipinski definition) is 1. The third-order valence-electron chi connectivity index (χ3n) is 3.09. The Bertz CT molecular complexity index is 390. The van der Waals surface area contributed by atoms with Crippen LogP contribution in [0.15, 0.2) is 30.3 Å². The maximum atomic E-state index is 12.0. The van der Waals surface area contributed by atoms with Gasteiger partial charge in [0.15, 0.2) is 0 Å². The fourth-order valence-electron chi connectivity index (χ4n) is 1.90. The summed E-state index contributed by atoms with van der Waals surface area (Å²) in [5, 5.41) is 1.30. The number of amides is 1. The van der Waals surface area contributed by atoms with E-state index in [9.17, 15) is 4.79 Å². The van der Waals surface area contributed by atoms with Crippen molar-refractivity contribution in [3.63, 3.8) is 0 Å². The van der Waals surface area contributed by atoms with Gasteiger partial charge in [0.05, 0.1) is 0 Å². The van der Waals surface area contributed by atoms with Crippen LogP contribution in [-0.2, 0) is 4.79 Å². The maximum Gasteiger partial charge on any atom is 0.256 e. The molecule has 1 aliphatic heterocycles. The number of hydrogen-bond acceptors (Lipinski definition) is 3. The van der Waals surface area contributed by atoms with Crippen molar-refractivity contribution in [1.82, 2.24) is 15.3 Å². The van der Waals surface area contributed by atoms with Crippen molar-refractivity contribution >= 4 is 17.5 Å². The number of rotatable bonds is 3. The first-order chi connectivity index (χ1) is 8.66. The summed E-state index contributed by atoms with van der Waals surface area (Å²) in [6.45, 7) is 3.58. The average Bonchev–Trinajstić information content (AvgIpc) is 2.41. The van der Waals surface area contributed by atoms with Crippen molar-refractivity contribution in [3.8, 4) is 0 Å². The number of nitrogens with one attached hydrogen (secondary N) is 1. The second kappa shape index (κ2) is 6.18. The second-order valence-electron chi connectivity index (χ2n) is 4.54. The first-order valence-corrected chi connectivity index (χ1v) is 6.53. The molecule has 98 valence electrons. The highest BCUT2D eigenvalue weighted by Gasteiger charge is 2.21. The number of alkyl halides is 1. The van der Waals surface area contributed by atoms with Crippen molar-refractivity contribution < 1.29 is 4.79 Å². The lowest BCUT2D eigenvalue weighted by Gasteiger charge is -2.32. The zero-order valence-corrected chi connectivity index (χ0v) is 11.2. The minimum Gasteiger partial charge on any atom is -0.304 e. The number of piperazine rings is 1. The van der Waals surface area contributed by atoms with Gasteiger partial charge in [-0.3, -0.25) is 10.2 Å². The topological polar surface area (TPSA) is 35.6 Å². The van der Waals surface area contributed by atoms with E-state index < -0.39 is 5.38 Å². The van der Waals surface area contributed by atoms with Gasteiger partial charge in [0.2, 0.25) is 0 Å². The van der Waals surface area contributed by atoms with Crippen LogP contribution in [0, 0.1) is 0 Å². The lowest BCUT2D eigenvalue weighted by molar-refractivity contribution is -0.126. The Morgan fingerprint density at radius 2 is 1.83 bits per heavy atom. The zero-order valence-electron chi connectivity index (χ0n) is 10.5. The highest BCUT2D eigenvalue weighted by molar-refractivity contribution is 6.30. The number of hydrazine groups is 1. The molecule has 1 fully saturated rings. The van der Waals surface area contributed by atoms with E-state index in [0.29, 0.717) is 0 Å². The second-order valence-corrected chi connectivity index (χ2v) is 4.98.